The summed E-state index contributed by atoms with van der Waals surface area (Å²) < 4.78 is 6.33. The summed E-state index contributed by atoms with van der Waals surface area (Å²) in [5.74, 6) is 0.0695. The zero-order valence-corrected chi connectivity index (χ0v) is 21.8. The number of rotatable bonds is 9. The molecule has 0 radical (unpaired) electrons. The fourth-order valence-corrected chi connectivity index (χ4v) is 3.31. The van der Waals surface area contributed by atoms with Gasteiger partial charge in [0.05, 0.1) is 11.1 Å². The van der Waals surface area contributed by atoms with Crippen molar-refractivity contribution in [2.75, 3.05) is 11.9 Å². The van der Waals surface area contributed by atoms with Gasteiger partial charge in [-0.3, -0.25) is 30.6 Å². The minimum Gasteiger partial charge on any atom is -0.492 e. The van der Waals surface area contributed by atoms with Crippen molar-refractivity contribution in [3.05, 3.63) is 58.1 Å². The molecule has 0 bridgehead atoms. The van der Waals surface area contributed by atoms with E-state index in [1.165, 1.54) is 0 Å². The Morgan fingerprint density at radius 2 is 1.68 bits per heavy atom. The van der Waals surface area contributed by atoms with Crippen molar-refractivity contribution in [2.24, 2.45) is 5.92 Å². The van der Waals surface area contributed by atoms with Gasteiger partial charge >= 0.3 is 0 Å². The lowest BCUT2D eigenvalue weighted by atomic mass is 10.2. The molecule has 2 rings (SSSR count). The number of hydrazine groups is 1. The van der Waals surface area contributed by atoms with Crippen molar-refractivity contribution >= 4 is 56.7 Å². The molecule has 0 saturated carbocycles. The first-order valence-corrected chi connectivity index (χ1v) is 12.1. The summed E-state index contributed by atoms with van der Waals surface area (Å²) in [6.45, 7) is 6.68. The molecule has 2 aromatic rings. The molecule has 0 heterocycles. The number of unbranched alkanes of at least 4 members (excludes halogenated alkanes) is 1. The molecular formula is C24H29BrN4O4S. The average molecular weight is 549 g/mol. The van der Waals surface area contributed by atoms with E-state index in [9.17, 15) is 14.4 Å². The predicted molar refractivity (Wildman–Crippen MR) is 140 cm³/mol. The van der Waals surface area contributed by atoms with E-state index >= 15 is 0 Å². The van der Waals surface area contributed by atoms with Crippen LogP contribution in [-0.4, -0.2) is 29.4 Å². The molecule has 0 unspecified atom stereocenters. The Morgan fingerprint density at radius 1 is 1.00 bits per heavy atom. The van der Waals surface area contributed by atoms with Crippen LogP contribution in [0.3, 0.4) is 0 Å². The van der Waals surface area contributed by atoms with Crippen molar-refractivity contribution in [1.29, 1.82) is 0 Å². The summed E-state index contributed by atoms with van der Waals surface area (Å²) in [5, 5.41) is 5.23. The third kappa shape index (κ3) is 9.11. The van der Waals surface area contributed by atoms with Gasteiger partial charge in [-0.1, -0.05) is 27.2 Å². The third-order valence-corrected chi connectivity index (χ3v) is 5.29. The zero-order chi connectivity index (χ0) is 25.1. The Hall–Kier alpha value is -2.98. The number of ether oxygens (including phenoxy) is 1. The standard InChI is InChI=1S/C24H29BrN4O4S/c1-4-5-6-21(30)26-18-10-7-16(8-11-18)23(32)28-29-24(34)27-22(31)17-9-12-20(19(25)13-17)33-14-15(2)3/h7-13,15H,4-6,14H2,1-3H3,(H,26,30)(H,28,32)(H2,27,29,31,34). The van der Waals surface area contributed by atoms with E-state index in [-0.39, 0.29) is 11.0 Å². The van der Waals surface area contributed by atoms with E-state index in [0.717, 1.165) is 12.8 Å². The fourth-order valence-electron chi connectivity index (χ4n) is 2.67. The molecule has 0 spiro atoms. The van der Waals surface area contributed by atoms with Gasteiger partial charge in [0.15, 0.2) is 5.11 Å². The van der Waals surface area contributed by atoms with E-state index in [0.29, 0.717) is 46.0 Å². The number of benzene rings is 2. The largest absolute Gasteiger partial charge is 0.492 e. The predicted octanol–water partition coefficient (Wildman–Crippen LogP) is 4.56. The molecule has 4 N–H and O–H groups in total. The summed E-state index contributed by atoms with van der Waals surface area (Å²) in [5.41, 5.74) is 6.27. The number of thiocarbonyl (C=S) groups is 1. The molecule has 0 fully saturated rings. The summed E-state index contributed by atoms with van der Waals surface area (Å²) in [4.78, 5) is 36.6. The van der Waals surface area contributed by atoms with Gasteiger partial charge in [-0.25, -0.2) is 0 Å². The highest BCUT2D eigenvalue weighted by Crippen LogP contribution is 2.26. The molecule has 34 heavy (non-hydrogen) atoms. The van der Waals surface area contributed by atoms with Crippen LogP contribution in [0.5, 0.6) is 5.75 Å². The molecule has 0 aliphatic carbocycles. The van der Waals surface area contributed by atoms with Crippen molar-refractivity contribution in [3.63, 3.8) is 0 Å². The first-order valence-electron chi connectivity index (χ1n) is 10.9. The average Bonchev–Trinajstić information content (AvgIpc) is 2.80. The van der Waals surface area contributed by atoms with Crippen molar-refractivity contribution in [1.82, 2.24) is 16.2 Å². The minimum atomic E-state index is -0.449. The zero-order valence-electron chi connectivity index (χ0n) is 19.4. The summed E-state index contributed by atoms with van der Waals surface area (Å²) >= 11 is 8.49. The van der Waals surface area contributed by atoms with Crippen LogP contribution in [-0.2, 0) is 4.79 Å². The molecule has 8 nitrogen and oxygen atoms in total. The number of nitrogens with one attached hydrogen (secondary N) is 4. The maximum atomic E-state index is 12.4. The van der Waals surface area contributed by atoms with Crippen LogP contribution in [0.25, 0.3) is 0 Å². The van der Waals surface area contributed by atoms with Crippen LogP contribution in [0, 0.1) is 5.92 Å². The molecule has 10 heteroatoms. The fraction of sp³-hybridized carbons (Fsp3) is 0.333. The van der Waals surface area contributed by atoms with Gasteiger partial charge in [-0.15, -0.1) is 0 Å². The maximum absolute atomic E-state index is 12.4. The van der Waals surface area contributed by atoms with Crippen LogP contribution in [0.2, 0.25) is 0 Å². The number of halogens is 1. The van der Waals surface area contributed by atoms with Crippen LogP contribution in [0.15, 0.2) is 46.9 Å². The number of carbonyl (C=O) groups is 3. The van der Waals surface area contributed by atoms with Crippen LogP contribution in [0.1, 0.15) is 60.7 Å². The highest BCUT2D eigenvalue weighted by Gasteiger charge is 2.12. The van der Waals surface area contributed by atoms with Gasteiger partial charge in [-0.05, 0) is 83.0 Å². The van der Waals surface area contributed by atoms with E-state index in [1.54, 1.807) is 42.5 Å². The lowest BCUT2D eigenvalue weighted by Crippen LogP contribution is -2.48. The van der Waals surface area contributed by atoms with Crippen molar-refractivity contribution in [3.8, 4) is 5.75 Å². The number of anilines is 1. The monoisotopic (exact) mass is 548 g/mol. The molecule has 0 aliphatic rings. The molecule has 182 valence electrons. The summed E-state index contributed by atoms with van der Waals surface area (Å²) in [6.07, 6.45) is 2.22. The van der Waals surface area contributed by atoms with Gasteiger partial charge in [0.1, 0.15) is 5.75 Å². The summed E-state index contributed by atoms with van der Waals surface area (Å²) in [7, 11) is 0. The molecule has 3 amide bonds. The lowest BCUT2D eigenvalue weighted by molar-refractivity contribution is -0.116. The highest BCUT2D eigenvalue weighted by atomic mass is 79.9. The maximum Gasteiger partial charge on any atom is 0.269 e. The van der Waals surface area contributed by atoms with Crippen LogP contribution >= 0.6 is 28.1 Å². The molecule has 0 aliphatic heterocycles. The Labute approximate surface area is 213 Å². The van der Waals surface area contributed by atoms with Crippen molar-refractivity contribution in [2.45, 2.75) is 40.0 Å². The normalized spacial score (nSPS) is 10.4. The van der Waals surface area contributed by atoms with Gasteiger partial charge in [0.2, 0.25) is 5.91 Å². The highest BCUT2D eigenvalue weighted by molar-refractivity contribution is 9.10. The second-order valence-corrected chi connectivity index (χ2v) is 9.20. The van der Waals surface area contributed by atoms with Crippen LogP contribution in [0.4, 0.5) is 5.69 Å². The molecule has 0 saturated heterocycles. The first kappa shape index (κ1) is 27.3. The topological polar surface area (TPSA) is 109 Å². The number of hydrogen-bond acceptors (Lipinski definition) is 5. The second kappa shape index (κ2) is 13.7. The molecular weight excluding hydrogens is 520 g/mol. The smallest absolute Gasteiger partial charge is 0.269 e. The molecule has 2 aromatic carbocycles. The van der Waals surface area contributed by atoms with Crippen LogP contribution < -0.4 is 26.2 Å². The number of carbonyl (C=O) groups excluding carboxylic acids is 3. The van der Waals surface area contributed by atoms with Crippen molar-refractivity contribution < 1.29 is 19.1 Å². The minimum absolute atomic E-state index is 0.0607. The van der Waals surface area contributed by atoms with E-state index in [2.05, 4.69) is 37.4 Å². The second-order valence-electron chi connectivity index (χ2n) is 7.94. The third-order valence-electron chi connectivity index (χ3n) is 4.47. The van der Waals surface area contributed by atoms with E-state index < -0.39 is 11.8 Å². The Balaban J connectivity index is 1.83. The van der Waals surface area contributed by atoms with Gasteiger partial charge in [-0.2, -0.15) is 0 Å². The SMILES string of the molecule is CCCCC(=O)Nc1ccc(C(=O)NNC(=S)NC(=O)c2ccc(OCC(C)C)c(Br)c2)cc1. The summed E-state index contributed by atoms with van der Waals surface area (Å²) in [6, 6.07) is 11.4. The van der Waals surface area contributed by atoms with Gasteiger partial charge in [0, 0.05) is 23.2 Å². The number of amides is 3. The van der Waals surface area contributed by atoms with Gasteiger partial charge in [0.25, 0.3) is 11.8 Å². The first-order chi connectivity index (χ1) is 16.2. The van der Waals surface area contributed by atoms with E-state index in [4.69, 9.17) is 17.0 Å². The Kier molecular flexibility index (Phi) is 11.0. The Morgan fingerprint density at radius 3 is 2.29 bits per heavy atom. The van der Waals surface area contributed by atoms with Gasteiger partial charge < -0.3 is 10.1 Å². The number of hydrogen-bond donors (Lipinski definition) is 4. The molecule has 0 aromatic heterocycles. The Bertz CT molecular complexity index is 1030. The quantitative estimate of drug-likeness (QED) is 0.270. The molecule has 0 atom stereocenters. The lowest BCUT2D eigenvalue weighted by Gasteiger charge is -2.13. The van der Waals surface area contributed by atoms with E-state index in [1.807, 2.05) is 20.8 Å².